The standard InChI is InChI=1S/C18H12F4N2O2S/c1-9-15(25)24(10-6-7-13(19)12(8-10)18(20,21)22)17(27-9)11-4-2-3-5-14(11)23-16(17)26/h2-9H,1H3,(H,23,26)/t9-,17-/m1/s1. The first-order valence-electron chi connectivity index (χ1n) is 7.96. The molecule has 2 heterocycles. The van der Waals surface area contributed by atoms with Crippen molar-refractivity contribution < 1.29 is 27.2 Å². The molecule has 2 aliphatic rings. The Hall–Kier alpha value is -2.55. The Labute approximate surface area is 155 Å². The van der Waals surface area contributed by atoms with E-state index in [9.17, 15) is 27.2 Å². The molecule has 0 bridgehead atoms. The topological polar surface area (TPSA) is 49.4 Å². The molecule has 2 aromatic rings. The summed E-state index contributed by atoms with van der Waals surface area (Å²) in [5.74, 6) is -2.49. The first kappa shape index (κ1) is 17.8. The van der Waals surface area contributed by atoms with Crippen LogP contribution in [-0.4, -0.2) is 17.1 Å². The van der Waals surface area contributed by atoms with Gasteiger partial charge in [0.15, 0.2) is 0 Å². The summed E-state index contributed by atoms with van der Waals surface area (Å²) in [7, 11) is 0. The van der Waals surface area contributed by atoms with Crippen molar-refractivity contribution >= 4 is 35.0 Å². The summed E-state index contributed by atoms with van der Waals surface area (Å²) in [5, 5.41) is 2.01. The zero-order valence-corrected chi connectivity index (χ0v) is 14.6. The number of amides is 2. The van der Waals surface area contributed by atoms with Crippen molar-refractivity contribution in [3.63, 3.8) is 0 Å². The molecule has 1 fully saturated rings. The minimum atomic E-state index is -4.93. The number of anilines is 2. The lowest BCUT2D eigenvalue weighted by molar-refractivity contribution is -0.140. The molecule has 0 unspecified atom stereocenters. The van der Waals surface area contributed by atoms with Gasteiger partial charge in [0, 0.05) is 16.9 Å². The Morgan fingerprint density at radius 1 is 1.15 bits per heavy atom. The third kappa shape index (κ3) is 2.44. The number of alkyl halides is 3. The number of hydrogen-bond donors (Lipinski definition) is 1. The van der Waals surface area contributed by atoms with Gasteiger partial charge in [0.25, 0.3) is 5.91 Å². The average molecular weight is 396 g/mol. The normalized spacial score (nSPS) is 24.5. The fraction of sp³-hybridized carbons (Fsp3) is 0.222. The Kier molecular flexibility index (Phi) is 3.78. The van der Waals surface area contributed by atoms with E-state index in [0.717, 1.165) is 22.7 Å². The monoisotopic (exact) mass is 396 g/mol. The van der Waals surface area contributed by atoms with Gasteiger partial charge in [-0.2, -0.15) is 13.2 Å². The van der Waals surface area contributed by atoms with Crippen molar-refractivity contribution in [3.8, 4) is 0 Å². The fourth-order valence-corrected chi connectivity index (χ4v) is 4.91. The first-order chi connectivity index (χ1) is 12.7. The summed E-state index contributed by atoms with van der Waals surface area (Å²) >= 11 is 1.04. The number of para-hydroxylation sites is 1. The van der Waals surface area contributed by atoms with E-state index in [4.69, 9.17) is 0 Å². The molecule has 1 saturated heterocycles. The number of rotatable bonds is 1. The third-order valence-corrected chi connectivity index (χ3v) is 6.08. The lowest BCUT2D eigenvalue weighted by Crippen LogP contribution is -2.47. The van der Waals surface area contributed by atoms with Gasteiger partial charge in [-0.15, -0.1) is 11.8 Å². The van der Waals surface area contributed by atoms with E-state index in [2.05, 4.69) is 5.32 Å². The fourth-order valence-electron chi connectivity index (χ4n) is 3.43. The van der Waals surface area contributed by atoms with Gasteiger partial charge >= 0.3 is 6.18 Å². The molecule has 27 heavy (non-hydrogen) atoms. The lowest BCUT2D eigenvalue weighted by atomic mass is 10.0. The molecule has 2 aliphatic heterocycles. The van der Waals surface area contributed by atoms with E-state index in [1.807, 2.05) is 0 Å². The van der Waals surface area contributed by atoms with Gasteiger partial charge in [-0.25, -0.2) is 4.39 Å². The minimum absolute atomic E-state index is 0.183. The van der Waals surface area contributed by atoms with Crippen LogP contribution in [0.4, 0.5) is 28.9 Å². The largest absolute Gasteiger partial charge is 0.419 e. The van der Waals surface area contributed by atoms with E-state index >= 15 is 0 Å². The van der Waals surface area contributed by atoms with Crippen LogP contribution in [0.25, 0.3) is 0 Å². The van der Waals surface area contributed by atoms with E-state index in [1.165, 1.54) is 0 Å². The van der Waals surface area contributed by atoms with Crippen molar-refractivity contribution in [1.29, 1.82) is 0 Å². The van der Waals surface area contributed by atoms with Crippen molar-refractivity contribution in [2.24, 2.45) is 0 Å². The van der Waals surface area contributed by atoms with Crippen molar-refractivity contribution in [3.05, 3.63) is 59.4 Å². The minimum Gasteiger partial charge on any atom is -0.323 e. The number of thioether (sulfide) groups is 1. The molecule has 0 radical (unpaired) electrons. The zero-order valence-electron chi connectivity index (χ0n) is 13.8. The lowest BCUT2D eigenvalue weighted by Gasteiger charge is -2.32. The van der Waals surface area contributed by atoms with E-state index < -0.39 is 39.5 Å². The molecule has 1 N–H and O–H groups in total. The van der Waals surface area contributed by atoms with Crippen molar-refractivity contribution in [2.75, 3.05) is 10.2 Å². The quantitative estimate of drug-likeness (QED) is 0.738. The molecule has 4 nitrogen and oxygen atoms in total. The Balaban J connectivity index is 1.94. The van der Waals surface area contributed by atoms with Gasteiger partial charge in [-0.1, -0.05) is 18.2 Å². The number of carbonyl (C=O) groups is 2. The molecular weight excluding hydrogens is 384 g/mol. The average Bonchev–Trinajstić information content (AvgIpc) is 3.02. The molecule has 2 amide bonds. The molecule has 4 rings (SSSR count). The van der Waals surface area contributed by atoms with Gasteiger partial charge in [0.05, 0.1) is 10.8 Å². The highest BCUT2D eigenvalue weighted by molar-refractivity contribution is 8.03. The number of nitrogens with zero attached hydrogens (tertiary/aromatic N) is 1. The Morgan fingerprint density at radius 3 is 2.56 bits per heavy atom. The third-order valence-electron chi connectivity index (χ3n) is 4.59. The maximum Gasteiger partial charge on any atom is 0.419 e. The smallest absolute Gasteiger partial charge is 0.323 e. The van der Waals surface area contributed by atoms with Crippen LogP contribution in [0.5, 0.6) is 0 Å². The van der Waals surface area contributed by atoms with E-state index in [1.54, 1.807) is 31.2 Å². The number of carbonyl (C=O) groups excluding carboxylic acids is 2. The highest BCUT2D eigenvalue weighted by Gasteiger charge is 2.61. The molecule has 140 valence electrons. The molecule has 2 aromatic carbocycles. The van der Waals surface area contributed by atoms with Crippen LogP contribution in [0, 0.1) is 5.82 Å². The van der Waals surface area contributed by atoms with Crippen LogP contribution in [0.15, 0.2) is 42.5 Å². The summed E-state index contributed by atoms with van der Waals surface area (Å²) in [6, 6.07) is 8.99. The number of benzene rings is 2. The van der Waals surface area contributed by atoms with Crippen LogP contribution >= 0.6 is 11.8 Å². The zero-order chi connectivity index (χ0) is 19.6. The van der Waals surface area contributed by atoms with Crippen molar-refractivity contribution in [1.82, 2.24) is 0 Å². The number of nitrogens with one attached hydrogen (secondary N) is 1. The SMILES string of the molecule is C[C@H]1S[C@]2(C(=O)Nc3ccccc32)N(c2ccc(F)c(C(F)(F)F)c2)C1=O. The van der Waals surface area contributed by atoms with Crippen LogP contribution in [0.1, 0.15) is 18.1 Å². The second-order valence-electron chi connectivity index (χ2n) is 6.24. The highest BCUT2D eigenvalue weighted by atomic mass is 32.2. The maximum atomic E-state index is 13.7. The summed E-state index contributed by atoms with van der Waals surface area (Å²) in [5.41, 5.74) is -0.702. The molecule has 0 aliphatic carbocycles. The van der Waals surface area contributed by atoms with Crippen LogP contribution < -0.4 is 10.2 Å². The molecule has 1 spiro atoms. The van der Waals surface area contributed by atoms with Gasteiger partial charge in [-0.05, 0) is 31.2 Å². The van der Waals surface area contributed by atoms with Crippen LogP contribution in [0.2, 0.25) is 0 Å². The number of fused-ring (bicyclic) bond motifs is 2. The Morgan fingerprint density at radius 2 is 1.85 bits per heavy atom. The Bertz CT molecular complexity index is 978. The van der Waals surface area contributed by atoms with Gasteiger partial charge in [0.2, 0.25) is 10.8 Å². The predicted octanol–water partition coefficient (Wildman–Crippen LogP) is 4.12. The van der Waals surface area contributed by atoms with Crippen LogP contribution in [0.3, 0.4) is 0 Å². The van der Waals surface area contributed by atoms with E-state index in [0.29, 0.717) is 23.4 Å². The van der Waals surface area contributed by atoms with Crippen LogP contribution in [-0.2, 0) is 20.6 Å². The highest BCUT2D eigenvalue weighted by Crippen LogP contribution is 2.56. The summed E-state index contributed by atoms with van der Waals surface area (Å²) < 4.78 is 53.1. The summed E-state index contributed by atoms with van der Waals surface area (Å²) in [4.78, 5) is 25.2. The van der Waals surface area contributed by atoms with Gasteiger partial charge in [-0.3, -0.25) is 14.5 Å². The molecule has 9 heteroatoms. The maximum absolute atomic E-state index is 13.7. The second kappa shape index (κ2) is 5.72. The molecule has 0 saturated carbocycles. The van der Waals surface area contributed by atoms with Crippen molar-refractivity contribution in [2.45, 2.75) is 23.2 Å². The molecule has 0 aromatic heterocycles. The number of hydrogen-bond acceptors (Lipinski definition) is 3. The first-order valence-corrected chi connectivity index (χ1v) is 8.84. The molecular formula is C18H12F4N2O2S. The van der Waals surface area contributed by atoms with Gasteiger partial charge in [0.1, 0.15) is 5.82 Å². The predicted molar refractivity (Wildman–Crippen MR) is 92.7 cm³/mol. The summed E-state index contributed by atoms with van der Waals surface area (Å²) in [6.07, 6.45) is -4.93. The summed E-state index contributed by atoms with van der Waals surface area (Å²) in [6.45, 7) is 1.58. The second-order valence-corrected chi connectivity index (χ2v) is 7.77. The van der Waals surface area contributed by atoms with E-state index in [-0.39, 0.29) is 5.69 Å². The number of halogens is 4. The van der Waals surface area contributed by atoms with Gasteiger partial charge < -0.3 is 5.32 Å². The molecule has 2 atom stereocenters.